The number of nitrogens with one attached hydrogen (secondary N) is 2. The second-order valence-corrected chi connectivity index (χ2v) is 5.90. The molecule has 0 radical (unpaired) electrons. The Hall–Kier alpha value is -1.96. The fourth-order valence-corrected chi connectivity index (χ4v) is 3.29. The summed E-state index contributed by atoms with van der Waals surface area (Å²) >= 11 is 0. The number of hydrogen-bond acceptors (Lipinski definition) is 3. The number of urea groups is 1. The zero-order valence-electron chi connectivity index (χ0n) is 12.6. The number of pyridine rings is 1. The maximum atomic E-state index is 12.4. The number of alkyl halides is 2. The summed E-state index contributed by atoms with van der Waals surface area (Å²) in [7, 11) is 0. The molecule has 2 amide bonds. The van der Waals surface area contributed by atoms with Crippen molar-refractivity contribution in [2.75, 3.05) is 6.54 Å². The highest BCUT2D eigenvalue weighted by Crippen LogP contribution is 2.24. The second-order valence-electron chi connectivity index (χ2n) is 5.90. The smallest absolute Gasteiger partial charge is 0.333 e. The van der Waals surface area contributed by atoms with Crippen molar-refractivity contribution >= 4 is 6.03 Å². The van der Waals surface area contributed by atoms with Crippen LogP contribution in [0.5, 0.6) is 0 Å². The average Bonchev–Trinajstić information content (AvgIpc) is 2.93. The van der Waals surface area contributed by atoms with Crippen molar-refractivity contribution in [1.82, 2.24) is 15.2 Å². The predicted octanol–water partition coefficient (Wildman–Crippen LogP) is 1.60. The van der Waals surface area contributed by atoms with Gasteiger partial charge < -0.3 is 19.9 Å². The second kappa shape index (κ2) is 6.66. The normalized spacial score (nSPS) is 23.9. The van der Waals surface area contributed by atoms with Crippen LogP contribution in [0.1, 0.15) is 30.4 Å². The predicted molar refractivity (Wildman–Crippen MR) is 78.2 cm³/mol. The molecular formula is C15H19F2N3O3. The molecule has 1 aliphatic carbocycles. The van der Waals surface area contributed by atoms with Crippen molar-refractivity contribution in [2.24, 2.45) is 0 Å². The Labute approximate surface area is 131 Å². The van der Waals surface area contributed by atoms with Gasteiger partial charge in [-0.15, -0.1) is 0 Å². The molecule has 2 N–H and O–H groups in total. The van der Waals surface area contributed by atoms with Gasteiger partial charge in [-0.25, -0.2) is 4.79 Å². The molecule has 2 atom stereocenters. The molecule has 1 saturated carbocycles. The lowest BCUT2D eigenvalue weighted by Gasteiger charge is -2.30. The third-order valence-electron chi connectivity index (χ3n) is 4.49. The van der Waals surface area contributed by atoms with Crippen LogP contribution < -0.4 is 10.9 Å². The zero-order valence-corrected chi connectivity index (χ0v) is 12.6. The van der Waals surface area contributed by atoms with Crippen molar-refractivity contribution in [3.63, 3.8) is 0 Å². The first-order valence-corrected chi connectivity index (χ1v) is 7.73. The van der Waals surface area contributed by atoms with E-state index in [1.54, 1.807) is 6.20 Å². The van der Waals surface area contributed by atoms with E-state index in [2.05, 4.69) is 15.0 Å². The van der Waals surface area contributed by atoms with Crippen molar-refractivity contribution in [3.05, 3.63) is 33.7 Å². The lowest BCUT2D eigenvalue weighted by molar-refractivity contribution is -0.165. The molecular weight excluding hydrogens is 308 g/mol. The maximum absolute atomic E-state index is 12.4. The minimum absolute atomic E-state index is 0.195. The van der Waals surface area contributed by atoms with Crippen LogP contribution in [-0.4, -0.2) is 41.2 Å². The van der Waals surface area contributed by atoms with Crippen LogP contribution in [0.4, 0.5) is 13.6 Å². The van der Waals surface area contributed by atoms with E-state index in [0.717, 1.165) is 12.0 Å². The van der Waals surface area contributed by atoms with Crippen LogP contribution in [0.15, 0.2) is 17.1 Å². The number of halogens is 2. The lowest BCUT2D eigenvalue weighted by Crippen LogP contribution is -2.50. The molecule has 0 aromatic carbocycles. The Kier molecular flexibility index (Phi) is 4.61. The first kappa shape index (κ1) is 15.9. The van der Waals surface area contributed by atoms with Gasteiger partial charge in [0.1, 0.15) is 0 Å². The number of hydrogen-bond donors (Lipinski definition) is 2. The molecule has 23 heavy (non-hydrogen) atoms. The van der Waals surface area contributed by atoms with Crippen molar-refractivity contribution in [3.8, 4) is 0 Å². The van der Waals surface area contributed by atoms with Gasteiger partial charge in [0, 0.05) is 18.3 Å². The number of rotatable bonds is 3. The van der Waals surface area contributed by atoms with E-state index in [9.17, 15) is 18.4 Å². The molecule has 2 aliphatic rings. The van der Waals surface area contributed by atoms with Crippen LogP contribution in [0.25, 0.3) is 0 Å². The minimum Gasteiger partial charge on any atom is -0.333 e. The summed E-state index contributed by atoms with van der Waals surface area (Å²) in [5, 5.41) is 2.77. The van der Waals surface area contributed by atoms with Gasteiger partial charge in [-0.05, 0) is 37.3 Å². The van der Waals surface area contributed by atoms with Gasteiger partial charge in [-0.2, -0.15) is 8.78 Å². The van der Waals surface area contributed by atoms with E-state index in [1.807, 2.05) is 6.07 Å². The molecule has 8 heteroatoms. The summed E-state index contributed by atoms with van der Waals surface area (Å²) in [6.07, 6.45) is 3.42. The van der Waals surface area contributed by atoms with Crippen LogP contribution >= 0.6 is 0 Å². The van der Waals surface area contributed by atoms with Crippen LogP contribution in [0.2, 0.25) is 0 Å². The SMILES string of the molecule is O=C(N[C@@H]1CCC[C@H]1OC(F)F)N1CCc2cc[nH]c(=O)c2C1. The molecule has 0 saturated heterocycles. The molecule has 1 aliphatic heterocycles. The monoisotopic (exact) mass is 327 g/mol. The van der Waals surface area contributed by atoms with E-state index < -0.39 is 18.8 Å². The maximum Gasteiger partial charge on any atom is 0.345 e. The van der Waals surface area contributed by atoms with Crippen LogP contribution in [0.3, 0.4) is 0 Å². The first-order valence-electron chi connectivity index (χ1n) is 7.73. The largest absolute Gasteiger partial charge is 0.345 e. The van der Waals surface area contributed by atoms with E-state index in [0.29, 0.717) is 31.4 Å². The highest BCUT2D eigenvalue weighted by Gasteiger charge is 2.33. The number of amides is 2. The third kappa shape index (κ3) is 3.52. The summed E-state index contributed by atoms with van der Waals surface area (Å²) in [5.74, 6) is 0. The number of carbonyl (C=O) groups excluding carboxylic acids is 1. The fourth-order valence-electron chi connectivity index (χ4n) is 3.29. The standard InChI is InChI=1S/C15H19F2N3O3/c16-14(17)23-12-3-1-2-11(12)19-15(22)20-7-5-9-4-6-18-13(21)10(9)8-20/h4,6,11-12,14H,1-3,5,7-8H2,(H,18,21)(H,19,22)/t11-,12-/m1/s1. The highest BCUT2D eigenvalue weighted by molar-refractivity contribution is 5.75. The summed E-state index contributed by atoms with van der Waals surface area (Å²) in [6.45, 7) is -2.11. The number of nitrogens with zero attached hydrogens (tertiary/aromatic N) is 1. The van der Waals surface area contributed by atoms with Crippen molar-refractivity contribution in [1.29, 1.82) is 0 Å². The van der Waals surface area contributed by atoms with Crippen molar-refractivity contribution < 1.29 is 18.3 Å². The Morgan fingerprint density at radius 2 is 2.26 bits per heavy atom. The summed E-state index contributed by atoms with van der Waals surface area (Å²) in [6, 6.07) is 1.09. The molecule has 0 bridgehead atoms. The number of ether oxygens (including phenoxy) is 1. The fraction of sp³-hybridized carbons (Fsp3) is 0.600. The molecule has 0 spiro atoms. The topological polar surface area (TPSA) is 74.4 Å². The van der Waals surface area contributed by atoms with Gasteiger partial charge in [-0.3, -0.25) is 4.79 Å². The van der Waals surface area contributed by atoms with E-state index >= 15 is 0 Å². The van der Waals surface area contributed by atoms with E-state index in [1.165, 1.54) is 4.90 Å². The average molecular weight is 327 g/mol. The zero-order chi connectivity index (χ0) is 16.4. The molecule has 0 unspecified atom stereocenters. The van der Waals surface area contributed by atoms with E-state index in [4.69, 9.17) is 0 Å². The van der Waals surface area contributed by atoms with Gasteiger partial charge in [0.05, 0.1) is 18.7 Å². The highest BCUT2D eigenvalue weighted by atomic mass is 19.3. The lowest BCUT2D eigenvalue weighted by atomic mass is 10.0. The Bertz CT molecular complexity index is 635. The number of aromatic amines is 1. The molecule has 126 valence electrons. The number of fused-ring (bicyclic) bond motifs is 1. The van der Waals surface area contributed by atoms with Gasteiger partial charge in [0.25, 0.3) is 5.56 Å². The minimum atomic E-state index is -2.84. The quantitative estimate of drug-likeness (QED) is 0.885. The number of aromatic nitrogens is 1. The van der Waals surface area contributed by atoms with Gasteiger partial charge in [0.2, 0.25) is 0 Å². The van der Waals surface area contributed by atoms with Crippen molar-refractivity contribution in [2.45, 2.75) is 51.0 Å². The summed E-state index contributed by atoms with van der Waals surface area (Å²) < 4.78 is 29.3. The molecule has 1 aromatic heterocycles. The summed E-state index contributed by atoms with van der Waals surface area (Å²) in [5.41, 5.74) is 1.33. The number of carbonyl (C=O) groups is 1. The molecule has 6 nitrogen and oxygen atoms in total. The Morgan fingerprint density at radius 1 is 1.43 bits per heavy atom. The first-order chi connectivity index (χ1) is 11.0. The Balaban J connectivity index is 1.63. The summed E-state index contributed by atoms with van der Waals surface area (Å²) in [4.78, 5) is 28.3. The van der Waals surface area contributed by atoms with Gasteiger partial charge in [-0.1, -0.05) is 0 Å². The molecule has 1 fully saturated rings. The van der Waals surface area contributed by atoms with Crippen LogP contribution in [-0.2, 0) is 17.7 Å². The Morgan fingerprint density at radius 3 is 3.04 bits per heavy atom. The number of H-pyrrole nitrogens is 1. The molecule has 3 rings (SSSR count). The third-order valence-corrected chi connectivity index (χ3v) is 4.49. The van der Waals surface area contributed by atoms with Gasteiger partial charge in [0.15, 0.2) is 0 Å². The molecule has 1 aromatic rings. The van der Waals surface area contributed by atoms with Gasteiger partial charge >= 0.3 is 12.6 Å². The van der Waals surface area contributed by atoms with Crippen LogP contribution in [0, 0.1) is 0 Å². The van der Waals surface area contributed by atoms with E-state index in [-0.39, 0.29) is 18.1 Å². The molecule has 2 heterocycles.